The van der Waals surface area contributed by atoms with Crippen molar-refractivity contribution in [2.75, 3.05) is 26.0 Å². The van der Waals surface area contributed by atoms with Crippen LogP contribution in [0.25, 0.3) is 10.2 Å². The minimum Gasteiger partial charge on any atom is -0.385 e. The Bertz CT molecular complexity index is 597. The van der Waals surface area contributed by atoms with E-state index in [4.69, 9.17) is 10.5 Å². The molecule has 102 valence electrons. The third-order valence-electron chi connectivity index (χ3n) is 2.77. The molecule has 2 heterocycles. The molecule has 0 aromatic carbocycles. The number of methoxy groups -OCH3 is 1. The molecule has 0 radical (unpaired) electrons. The van der Waals surface area contributed by atoms with E-state index in [-0.39, 0.29) is 5.91 Å². The zero-order chi connectivity index (χ0) is 13.8. The lowest BCUT2D eigenvalue weighted by Crippen LogP contribution is -2.24. The van der Waals surface area contributed by atoms with Crippen molar-refractivity contribution in [3.63, 3.8) is 0 Å². The Kier molecular flexibility index (Phi) is 4.28. The molecule has 1 amide bonds. The number of amides is 1. The van der Waals surface area contributed by atoms with Crippen LogP contribution in [0.1, 0.15) is 21.7 Å². The fraction of sp³-hybridized carbons (Fsp3) is 0.417. The molecular weight excluding hydrogens is 264 g/mol. The lowest BCUT2D eigenvalue weighted by atomic mass is 10.2. The standard InChI is InChI=1S/C12H16N4O2S/c1-7-8-10(13)15-6-16-12(8)19-9(7)11(17)14-4-3-5-18-2/h6H,3-5H2,1-2H3,(H,14,17)(H2,13,15,16). The van der Waals surface area contributed by atoms with Gasteiger partial charge in [-0.2, -0.15) is 0 Å². The zero-order valence-corrected chi connectivity index (χ0v) is 11.7. The highest BCUT2D eigenvalue weighted by Crippen LogP contribution is 2.31. The Balaban J connectivity index is 2.18. The monoisotopic (exact) mass is 280 g/mol. The molecule has 0 saturated carbocycles. The molecule has 19 heavy (non-hydrogen) atoms. The van der Waals surface area contributed by atoms with Crippen LogP contribution in [0.4, 0.5) is 5.82 Å². The first kappa shape index (κ1) is 13.7. The number of fused-ring (bicyclic) bond motifs is 1. The second kappa shape index (κ2) is 5.94. The number of aromatic nitrogens is 2. The van der Waals surface area contributed by atoms with E-state index < -0.39 is 0 Å². The first-order valence-corrected chi connectivity index (χ1v) is 6.73. The van der Waals surface area contributed by atoms with Gasteiger partial charge in [0.25, 0.3) is 5.91 Å². The van der Waals surface area contributed by atoms with Gasteiger partial charge in [0.2, 0.25) is 0 Å². The molecule has 0 bridgehead atoms. The van der Waals surface area contributed by atoms with Gasteiger partial charge in [-0.15, -0.1) is 11.3 Å². The number of carbonyl (C=O) groups is 1. The summed E-state index contributed by atoms with van der Waals surface area (Å²) in [5.74, 6) is 0.313. The van der Waals surface area contributed by atoms with Crippen molar-refractivity contribution in [1.82, 2.24) is 15.3 Å². The van der Waals surface area contributed by atoms with E-state index >= 15 is 0 Å². The zero-order valence-electron chi connectivity index (χ0n) is 10.9. The minimum atomic E-state index is -0.101. The second-order valence-corrected chi connectivity index (χ2v) is 5.10. The molecule has 6 nitrogen and oxygen atoms in total. The van der Waals surface area contributed by atoms with Gasteiger partial charge in [-0.1, -0.05) is 0 Å². The molecule has 0 aliphatic carbocycles. The normalized spacial score (nSPS) is 10.8. The molecule has 0 unspecified atom stereocenters. The molecule has 3 N–H and O–H groups in total. The number of aryl methyl sites for hydroxylation is 1. The summed E-state index contributed by atoms with van der Waals surface area (Å²) in [6.45, 7) is 3.08. The van der Waals surface area contributed by atoms with Gasteiger partial charge in [-0.05, 0) is 18.9 Å². The minimum absolute atomic E-state index is 0.101. The van der Waals surface area contributed by atoms with Gasteiger partial charge in [0, 0.05) is 20.3 Å². The van der Waals surface area contributed by atoms with Crippen molar-refractivity contribution >= 4 is 33.3 Å². The van der Waals surface area contributed by atoms with Crippen LogP contribution in [0, 0.1) is 6.92 Å². The smallest absolute Gasteiger partial charge is 0.261 e. The molecule has 2 aromatic heterocycles. The third-order valence-corrected chi connectivity index (χ3v) is 3.97. The summed E-state index contributed by atoms with van der Waals surface area (Å²) in [5, 5.41) is 3.63. The Morgan fingerprint density at radius 1 is 1.53 bits per heavy atom. The molecule has 0 aliphatic rings. The summed E-state index contributed by atoms with van der Waals surface area (Å²) >= 11 is 1.34. The number of nitrogens with zero attached hydrogens (tertiary/aromatic N) is 2. The highest BCUT2D eigenvalue weighted by molar-refractivity contribution is 7.20. The van der Waals surface area contributed by atoms with Crippen LogP contribution in [0.15, 0.2) is 6.33 Å². The number of nitrogens with one attached hydrogen (secondary N) is 1. The third kappa shape index (κ3) is 2.82. The summed E-state index contributed by atoms with van der Waals surface area (Å²) in [6.07, 6.45) is 2.20. The molecule has 7 heteroatoms. The highest BCUT2D eigenvalue weighted by Gasteiger charge is 2.17. The lowest BCUT2D eigenvalue weighted by molar-refractivity contribution is 0.0952. The van der Waals surface area contributed by atoms with Crippen LogP contribution < -0.4 is 11.1 Å². The fourth-order valence-electron chi connectivity index (χ4n) is 1.81. The van der Waals surface area contributed by atoms with Crippen LogP contribution in [-0.4, -0.2) is 36.1 Å². The van der Waals surface area contributed by atoms with Crippen LogP contribution in [0.3, 0.4) is 0 Å². The fourth-order valence-corrected chi connectivity index (χ4v) is 2.89. The average molecular weight is 280 g/mol. The average Bonchev–Trinajstić information content (AvgIpc) is 2.73. The van der Waals surface area contributed by atoms with E-state index in [0.29, 0.717) is 23.8 Å². The number of nitrogen functional groups attached to an aromatic ring is 1. The number of anilines is 1. The van der Waals surface area contributed by atoms with Crippen LogP contribution in [0.5, 0.6) is 0 Å². The molecule has 2 aromatic rings. The van der Waals surface area contributed by atoms with Crippen molar-refractivity contribution < 1.29 is 9.53 Å². The molecule has 0 aliphatic heterocycles. The number of nitrogens with two attached hydrogens (primary N) is 1. The Hall–Kier alpha value is -1.73. The summed E-state index contributed by atoms with van der Waals surface area (Å²) in [6, 6.07) is 0. The number of rotatable bonds is 5. The number of ether oxygens (including phenoxy) is 1. The predicted molar refractivity (Wildman–Crippen MR) is 75.4 cm³/mol. The number of thiophene rings is 1. The van der Waals surface area contributed by atoms with E-state index in [0.717, 1.165) is 22.2 Å². The maximum atomic E-state index is 12.1. The van der Waals surface area contributed by atoms with Gasteiger partial charge in [0.15, 0.2) is 0 Å². The Labute approximate surface area is 115 Å². The van der Waals surface area contributed by atoms with Crippen molar-refractivity contribution in [3.05, 3.63) is 16.8 Å². The topological polar surface area (TPSA) is 90.1 Å². The van der Waals surface area contributed by atoms with Crippen molar-refractivity contribution in [2.45, 2.75) is 13.3 Å². The van der Waals surface area contributed by atoms with Gasteiger partial charge >= 0.3 is 0 Å². The summed E-state index contributed by atoms with van der Waals surface area (Å²) < 4.78 is 4.93. The quantitative estimate of drug-likeness (QED) is 0.807. The molecule has 2 rings (SSSR count). The van der Waals surface area contributed by atoms with Gasteiger partial charge in [-0.25, -0.2) is 9.97 Å². The second-order valence-electron chi connectivity index (χ2n) is 4.10. The molecule has 0 saturated heterocycles. The van der Waals surface area contributed by atoms with E-state index in [2.05, 4.69) is 15.3 Å². The highest BCUT2D eigenvalue weighted by atomic mass is 32.1. The van der Waals surface area contributed by atoms with E-state index in [1.165, 1.54) is 17.7 Å². The maximum Gasteiger partial charge on any atom is 0.261 e. The van der Waals surface area contributed by atoms with E-state index in [9.17, 15) is 4.79 Å². The van der Waals surface area contributed by atoms with Crippen LogP contribution >= 0.6 is 11.3 Å². The van der Waals surface area contributed by atoms with Gasteiger partial charge in [0.05, 0.1) is 10.3 Å². The van der Waals surface area contributed by atoms with Gasteiger partial charge in [0.1, 0.15) is 17.0 Å². The molecular formula is C12H16N4O2S. The van der Waals surface area contributed by atoms with Crippen LogP contribution in [0.2, 0.25) is 0 Å². The lowest BCUT2D eigenvalue weighted by Gasteiger charge is -2.03. The van der Waals surface area contributed by atoms with Gasteiger partial charge in [-0.3, -0.25) is 4.79 Å². The van der Waals surface area contributed by atoms with Crippen molar-refractivity contribution in [1.29, 1.82) is 0 Å². The largest absolute Gasteiger partial charge is 0.385 e. The number of hydrogen-bond acceptors (Lipinski definition) is 6. The Morgan fingerprint density at radius 2 is 2.32 bits per heavy atom. The maximum absolute atomic E-state index is 12.1. The number of carbonyl (C=O) groups excluding carboxylic acids is 1. The van der Waals surface area contributed by atoms with E-state index in [1.54, 1.807) is 7.11 Å². The predicted octanol–water partition coefficient (Wildman–Crippen LogP) is 1.35. The van der Waals surface area contributed by atoms with E-state index in [1.807, 2.05) is 6.92 Å². The molecule has 0 atom stereocenters. The Morgan fingerprint density at radius 3 is 3.00 bits per heavy atom. The van der Waals surface area contributed by atoms with Crippen molar-refractivity contribution in [3.8, 4) is 0 Å². The van der Waals surface area contributed by atoms with Crippen LogP contribution in [-0.2, 0) is 4.74 Å². The first-order chi connectivity index (χ1) is 9.15. The van der Waals surface area contributed by atoms with Crippen molar-refractivity contribution in [2.24, 2.45) is 0 Å². The molecule has 0 spiro atoms. The molecule has 0 fully saturated rings. The summed E-state index contributed by atoms with van der Waals surface area (Å²) in [7, 11) is 1.64. The summed E-state index contributed by atoms with van der Waals surface area (Å²) in [4.78, 5) is 21.6. The van der Waals surface area contributed by atoms with Gasteiger partial charge < -0.3 is 15.8 Å². The number of hydrogen-bond donors (Lipinski definition) is 2. The summed E-state index contributed by atoms with van der Waals surface area (Å²) in [5.41, 5.74) is 6.65. The first-order valence-electron chi connectivity index (χ1n) is 5.92. The SMILES string of the molecule is COCCCNC(=O)c1sc2ncnc(N)c2c1C.